The number of nitrogens with two attached hydrogens (primary N) is 1. The van der Waals surface area contributed by atoms with Crippen molar-refractivity contribution in [1.82, 2.24) is 16.0 Å². The zero-order chi connectivity index (χ0) is 21.1. The summed E-state index contributed by atoms with van der Waals surface area (Å²) in [5, 5.41) is 24.3. The quantitative estimate of drug-likeness (QED) is 0.180. The second-order valence-corrected chi connectivity index (χ2v) is 6.62. The van der Waals surface area contributed by atoms with Gasteiger partial charge in [-0.1, -0.05) is 13.8 Å². The smallest absolute Gasteiger partial charge is 0.322 e. The van der Waals surface area contributed by atoms with Gasteiger partial charge in [0.2, 0.25) is 17.7 Å². The van der Waals surface area contributed by atoms with Crippen molar-refractivity contribution in [2.24, 2.45) is 11.7 Å². The molecule has 0 aromatic rings. The third-order valence-corrected chi connectivity index (χ3v) is 3.69. The molecule has 0 aliphatic rings. The van der Waals surface area contributed by atoms with Gasteiger partial charge in [-0.15, -0.1) is 0 Å². The minimum absolute atomic E-state index is 0.0131. The first-order chi connectivity index (χ1) is 12.5. The topological polar surface area (TPSA) is 188 Å². The summed E-state index contributed by atoms with van der Waals surface area (Å²) in [6, 6.07) is -3.59. The first kappa shape index (κ1) is 24.7. The molecule has 0 saturated heterocycles. The maximum absolute atomic E-state index is 12.4. The number of nitrogens with one attached hydrogen (secondary N) is 3. The largest absolute Gasteiger partial charge is 0.481 e. The van der Waals surface area contributed by atoms with Crippen LogP contribution in [0.5, 0.6) is 0 Å². The van der Waals surface area contributed by atoms with Gasteiger partial charge in [-0.3, -0.25) is 24.0 Å². The van der Waals surface area contributed by atoms with Crippen LogP contribution >= 0.6 is 12.6 Å². The predicted octanol–water partition coefficient (Wildman–Crippen LogP) is -2.07. The molecule has 7 N–H and O–H groups in total. The molecule has 0 saturated carbocycles. The highest BCUT2D eigenvalue weighted by Crippen LogP contribution is 2.06. The molecule has 3 amide bonds. The zero-order valence-electron chi connectivity index (χ0n) is 15.1. The van der Waals surface area contributed by atoms with E-state index in [-0.39, 0.29) is 18.1 Å². The maximum atomic E-state index is 12.4. The molecule has 154 valence electrons. The normalized spacial score (nSPS) is 14.0. The van der Waals surface area contributed by atoms with Gasteiger partial charge in [0.1, 0.15) is 18.6 Å². The molecule has 0 fully saturated rings. The standard InChI is InChI=1S/C15H26N4O7S/c1-7(2)3-9(14(25)17-5-12(22)23)19-15(26)10(4-11(20)21)18-13(24)8(16)6-27/h7-10,27H,3-6,16H2,1-2H3,(H,17,25)(H,18,24)(H,19,26)(H,20,21)(H,22,23). The summed E-state index contributed by atoms with van der Waals surface area (Å²) < 4.78 is 0. The fourth-order valence-corrected chi connectivity index (χ4v) is 2.17. The van der Waals surface area contributed by atoms with E-state index < -0.39 is 60.8 Å². The van der Waals surface area contributed by atoms with Crippen LogP contribution in [-0.4, -0.2) is 70.3 Å². The van der Waals surface area contributed by atoms with Gasteiger partial charge < -0.3 is 31.9 Å². The van der Waals surface area contributed by atoms with Crippen molar-refractivity contribution < 1.29 is 34.2 Å². The van der Waals surface area contributed by atoms with Crippen LogP contribution in [0.15, 0.2) is 0 Å². The van der Waals surface area contributed by atoms with Crippen LogP contribution in [0.2, 0.25) is 0 Å². The Morgan fingerprint density at radius 1 is 0.926 bits per heavy atom. The van der Waals surface area contributed by atoms with E-state index in [4.69, 9.17) is 15.9 Å². The minimum atomic E-state index is -1.46. The van der Waals surface area contributed by atoms with E-state index in [1.54, 1.807) is 13.8 Å². The number of carbonyl (C=O) groups excluding carboxylic acids is 3. The number of carboxylic acid groups (broad SMARTS) is 2. The van der Waals surface area contributed by atoms with Crippen molar-refractivity contribution in [3.8, 4) is 0 Å². The van der Waals surface area contributed by atoms with Crippen LogP contribution in [0.1, 0.15) is 26.7 Å². The Morgan fingerprint density at radius 3 is 1.93 bits per heavy atom. The van der Waals surface area contributed by atoms with E-state index in [1.165, 1.54) is 0 Å². The third kappa shape index (κ3) is 10.4. The molecule has 0 bridgehead atoms. The van der Waals surface area contributed by atoms with Crippen molar-refractivity contribution >= 4 is 42.3 Å². The van der Waals surface area contributed by atoms with E-state index in [2.05, 4.69) is 28.6 Å². The molecule has 0 aromatic carbocycles. The summed E-state index contributed by atoms with van der Waals surface area (Å²) in [4.78, 5) is 57.9. The molecule has 0 rings (SSSR count). The van der Waals surface area contributed by atoms with E-state index in [0.717, 1.165) is 0 Å². The summed E-state index contributed by atoms with van der Waals surface area (Å²) >= 11 is 3.86. The highest BCUT2D eigenvalue weighted by atomic mass is 32.1. The number of hydrogen-bond acceptors (Lipinski definition) is 7. The number of amides is 3. The molecule has 0 aliphatic heterocycles. The van der Waals surface area contributed by atoms with Crippen LogP contribution in [-0.2, 0) is 24.0 Å². The molecule has 0 aromatic heterocycles. The number of aliphatic carboxylic acids is 2. The van der Waals surface area contributed by atoms with Crippen LogP contribution in [0, 0.1) is 5.92 Å². The van der Waals surface area contributed by atoms with E-state index in [0.29, 0.717) is 0 Å². The number of rotatable bonds is 12. The van der Waals surface area contributed by atoms with E-state index in [9.17, 15) is 24.0 Å². The van der Waals surface area contributed by atoms with Crippen LogP contribution in [0.25, 0.3) is 0 Å². The first-order valence-electron chi connectivity index (χ1n) is 8.16. The lowest BCUT2D eigenvalue weighted by molar-refractivity contribution is -0.141. The third-order valence-electron chi connectivity index (χ3n) is 3.30. The molecule has 0 spiro atoms. The van der Waals surface area contributed by atoms with E-state index in [1.807, 2.05) is 0 Å². The summed E-state index contributed by atoms with van der Waals surface area (Å²) in [5.41, 5.74) is 5.49. The van der Waals surface area contributed by atoms with Gasteiger partial charge in [-0.25, -0.2) is 0 Å². The average Bonchev–Trinajstić information content (AvgIpc) is 2.56. The van der Waals surface area contributed by atoms with Gasteiger partial charge in [0.25, 0.3) is 0 Å². The molecular formula is C15H26N4O7S. The van der Waals surface area contributed by atoms with Gasteiger partial charge >= 0.3 is 11.9 Å². The number of hydrogen-bond donors (Lipinski definition) is 7. The summed E-state index contributed by atoms with van der Waals surface area (Å²) in [5.74, 6) is -5.03. The highest BCUT2D eigenvalue weighted by Gasteiger charge is 2.30. The Morgan fingerprint density at radius 2 is 1.48 bits per heavy atom. The lowest BCUT2D eigenvalue weighted by Crippen LogP contribution is -2.57. The Hall–Kier alpha value is -2.34. The molecule has 0 aliphatic carbocycles. The molecule has 0 heterocycles. The summed E-state index contributed by atoms with van der Waals surface area (Å²) in [7, 11) is 0. The van der Waals surface area contributed by atoms with Gasteiger partial charge in [0, 0.05) is 5.75 Å². The molecule has 27 heavy (non-hydrogen) atoms. The first-order valence-corrected chi connectivity index (χ1v) is 8.79. The molecule has 3 atom stereocenters. The van der Waals surface area contributed by atoms with Gasteiger partial charge in [0.05, 0.1) is 12.5 Å². The van der Waals surface area contributed by atoms with Crippen LogP contribution in [0.4, 0.5) is 0 Å². The van der Waals surface area contributed by atoms with Gasteiger partial charge in [-0.05, 0) is 12.3 Å². The molecule has 0 radical (unpaired) electrons. The van der Waals surface area contributed by atoms with Gasteiger partial charge in [-0.2, -0.15) is 12.6 Å². The molecular weight excluding hydrogens is 380 g/mol. The number of carboxylic acids is 2. The Kier molecular flexibility index (Phi) is 11.1. The average molecular weight is 406 g/mol. The summed E-state index contributed by atoms with van der Waals surface area (Å²) in [6.07, 6.45) is -0.539. The fraction of sp³-hybridized carbons (Fsp3) is 0.667. The second-order valence-electron chi connectivity index (χ2n) is 6.25. The van der Waals surface area contributed by atoms with Crippen molar-refractivity contribution in [1.29, 1.82) is 0 Å². The van der Waals surface area contributed by atoms with Crippen LogP contribution in [0.3, 0.4) is 0 Å². The predicted molar refractivity (Wildman–Crippen MR) is 98.0 cm³/mol. The van der Waals surface area contributed by atoms with Crippen molar-refractivity contribution in [3.05, 3.63) is 0 Å². The van der Waals surface area contributed by atoms with Crippen molar-refractivity contribution in [2.45, 2.75) is 44.8 Å². The molecule has 3 unspecified atom stereocenters. The number of thiol groups is 1. The Labute approximate surface area is 161 Å². The molecule has 11 nitrogen and oxygen atoms in total. The summed E-state index contributed by atoms with van der Waals surface area (Å²) in [6.45, 7) is 2.94. The highest BCUT2D eigenvalue weighted by molar-refractivity contribution is 7.80. The second kappa shape index (κ2) is 12.1. The maximum Gasteiger partial charge on any atom is 0.322 e. The van der Waals surface area contributed by atoms with Gasteiger partial charge in [0.15, 0.2) is 0 Å². The Balaban J connectivity index is 5.21. The SMILES string of the molecule is CC(C)CC(NC(=O)C(CC(=O)O)NC(=O)C(N)CS)C(=O)NCC(=O)O. The fourth-order valence-electron chi connectivity index (χ4n) is 2.01. The van der Waals surface area contributed by atoms with Crippen molar-refractivity contribution in [3.63, 3.8) is 0 Å². The lowest BCUT2D eigenvalue weighted by atomic mass is 10.0. The monoisotopic (exact) mass is 406 g/mol. The Bertz CT molecular complexity index is 570. The van der Waals surface area contributed by atoms with Crippen LogP contribution < -0.4 is 21.7 Å². The minimum Gasteiger partial charge on any atom is -0.481 e. The van der Waals surface area contributed by atoms with E-state index >= 15 is 0 Å². The van der Waals surface area contributed by atoms with Crippen molar-refractivity contribution in [2.75, 3.05) is 12.3 Å². The lowest BCUT2D eigenvalue weighted by Gasteiger charge is -2.24. The zero-order valence-corrected chi connectivity index (χ0v) is 16.0. The number of carbonyl (C=O) groups is 5. The molecule has 12 heteroatoms.